The highest BCUT2D eigenvalue weighted by Crippen LogP contribution is 2.35. The van der Waals surface area contributed by atoms with Crippen LogP contribution in [0.1, 0.15) is 40.4 Å². The quantitative estimate of drug-likeness (QED) is 0.771. The predicted octanol–water partition coefficient (Wildman–Crippen LogP) is 3.88. The Morgan fingerprint density at radius 3 is 2.67 bits per heavy atom. The van der Waals surface area contributed by atoms with E-state index in [1.807, 2.05) is 48.3 Å². The Balaban J connectivity index is 1.72. The van der Waals surface area contributed by atoms with Crippen molar-refractivity contribution in [3.05, 3.63) is 77.5 Å². The van der Waals surface area contributed by atoms with Crippen LogP contribution in [0.5, 0.6) is 0 Å². The Hall–Kier alpha value is -3.21. The van der Waals surface area contributed by atoms with E-state index in [0.29, 0.717) is 11.3 Å². The zero-order chi connectivity index (χ0) is 18.8. The SMILES string of the molecule is CN(C(=O)c1cnc(N)nc1-c1ccccc1)[C@H]1CCCc2ccccc21. The van der Waals surface area contributed by atoms with Crippen LogP contribution in [0.15, 0.2) is 60.8 Å². The molecule has 2 aromatic carbocycles. The van der Waals surface area contributed by atoms with Crippen LogP contribution in [0.2, 0.25) is 0 Å². The van der Waals surface area contributed by atoms with Crippen LogP contribution < -0.4 is 5.73 Å². The summed E-state index contributed by atoms with van der Waals surface area (Å²) in [6.45, 7) is 0. The first-order valence-corrected chi connectivity index (χ1v) is 9.18. The molecule has 1 amide bonds. The maximum Gasteiger partial charge on any atom is 0.257 e. The number of carbonyl (C=O) groups is 1. The zero-order valence-corrected chi connectivity index (χ0v) is 15.3. The van der Waals surface area contributed by atoms with Crippen LogP contribution in [-0.2, 0) is 6.42 Å². The number of benzene rings is 2. The predicted molar refractivity (Wildman–Crippen MR) is 106 cm³/mol. The number of aryl methyl sites for hydroxylation is 1. The highest BCUT2D eigenvalue weighted by atomic mass is 16.2. The molecule has 0 unspecified atom stereocenters. The van der Waals surface area contributed by atoms with E-state index in [1.54, 1.807) is 0 Å². The molecule has 2 N–H and O–H groups in total. The molecule has 1 aliphatic carbocycles. The minimum atomic E-state index is -0.0874. The molecule has 3 aromatic rings. The van der Waals surface area contributed by atoms with Crippen molar-refractivity contribution in [3.8, 4) is 11.3 Å². The molecule has 4 rings (SSSR count). The molecule has 1 aromatic heterocycles. The summed E-state index contributed by atoms with van der Waals surface area (Å²) >= 11 is 0. The summed E-state index contributed by atoms with van der Waals surface area (Å²) in [5, 5.41) is 0. The molecule has 27 heavy (non-hydrogen) atoms. The number of nitrogens with zero attached hydrogens (tertiary/aromatic N) is 3. The summed E-state index contributed by atoms with van der Waals surface area (Å²) in [7, 11) is 1.86. The summed E-state index contributed by atoms with van der Waals surface area (Å²) in [5.74, 6) is 0.0756. The largest absolute Gasteiger partial charge is 0.368 e. The minimum absolute atomic E-state index is 0.0589. The molecule has 1 heterocycles. The van der Waals surface area contributed by atoms with Crippen LogP contribution in [-0.4, -0.2) is 27.8 Å². The molecule has 0 fully saturated rings. The van der Waals surface area contributed by atoms with Gasteiger partial charge in [-0.05, 0) is 30.4 Å². The van der Waals surface area contributed by atoms with Gasteiger partial charge in [-0.15, -0.1) is 0 Å². The molecular weight excluding hydrogens is 336 g/mol. The summed E-state index contributed by atoms with van der Waals surface area (Å²) in [6.07, 6.45) is 4.63. The van der Waals surface area contributed by atoms with E-state index in [-0.39, 0.29) is 17.9 Å². The molecule has 0 radical (unpaired) electrons. The molecular formula is C22H22N4O. The molecule has 5 nitrogen and oxygen atoms in total. The summed E-state index contributed by atoms with van der Waals surface area (Å²) in [5.41, 5.74) is 10.3. The topological polar surface area (TPSA) is 72.1 Å². The molecule has 0 saturated carbocycles. The first kappa shape index (κ1) is 17.2. The monoisotopic (exact) mass is 358 g/mol. The molecule has 0 aliphatic heterocycles. The molecule has 136 valence electrons. The van der Waals surface area contributed by atoms with Gasteiger partial charge in [0.15, 0.2) is 0 Å². The van der Waals surface area contributed by atoms with Crippen LogP contribution >= 0.6 is 0 Å². The van der Waals surface area contributed by atoms with E-state index in [0.717, 1.165) is 24.8 Å². The number of fused-ring (bicyclic) bond motifs is 1. The van der Waals surface area contributed by atoms with Crippen molar-refractivity contribution in [2.45, 2.75) is 25.3 Å². The first-order chi connectivity index (χ1) is 13.1. The molecule has 0 bridgehead atoms. The minimum Gasteiger partial charge on any atom is -0.368 e. The van der Waals surface area contributed by atoms with E-state index < -0.39 is 0 Å². The Labute approximate surface area is 158 Å². The van der Waals surface area contributed by atoms with Gasteiger partial charge in [0.25, 0.3) is 5.91 Å². The van der Waals surface area contributed by atoms with Crippen molar-refractivity contribution in [3.63, 3.8) is 0 Å². The van der Waals surface area contributed by atoms with Crippen molar-refractivity contribution < 1.29 is 4.79 Å². The lowest BCUT2D eigenvalue weighted by Gasteiger charge is -2.33. The van der Waals surface area contributed by atoms with Gasteiger partial charge in [-0.3, -0.25) is 4.79 Å². The average molecular weight is 358 g/mol. The van der Waals surface area contributed by atoms with Gasteiger partial charge in [0.05, 0.1) is 17.3 Å². The number of nitrogen functional groups attached to an aromatic ring is 1. The van der Waals surface area contributed by atoms with Crippen LogP contribution in [0.4, 0.5) is 5.95 Å². The van der Waals surface area contributed by atoms with Crippen molar-refractivity contribution >= 4 is 11.9 Å². The highest BCUT2D eigenvalue weighted by molar-refractivity contribution is 6.00. The second-order valence-corrected chi connectivity index (χ2v) is 6.88. The smallest absolute Gasteiger partial charge is 0.257 e. The van der Waals surface area contributed by atoms with Crippen molar-refractivity contribution in [2.75, 3.05) is 12.8 Å². The van der Waals surface area contributed by atoms with Gasteiger partial charge in [0, 0.05) is 18.8 Å². The third kappa shape index (κ3) is 3.28. The lowest BCUT2D eigenvalue weighted by molar-refractivity contribution is 0.0715. The number of hydrogen-bond donors (Lipinski definition) is 1. The second kappa shape index (κ2) is 7.19. The maximum atomic E-state index is 13.4. The van der Waals surface area contributed by atoms with Crippen molar-refractivity contribution in [1.82, 2.24) is 14.9 Å². The van der Waals surface area contributed by atoms with Crippen LogP contribution in [0, 0.1) is 0 Å². The number of rotatable bonds is 3. The molecule has 1 aliphatic rings. The molecule has 0 spiro atoms. The maximum absolute atomic E-state index is 13.4. The number of amides is 1. The van der Waals surface area contributed by atoms with E-state index in [4.69, 9.17) is 5.73 Å². The van der Waals surface area contributed by atoms with E-state index in [1.165, 1.54) is 17.3 Å². The average Bonchev–Trinajstić information content (AvgIpc) is 2.73. The van der Waals surface area contributed by atoms with Crippen molar-refractivity contribution in [2.24, 2.45) is 0 Å². The summed E-state index contributed by atoms with van der Waals surface area (Å²) in [4.78, 5) is 23.6. The lowest BCUT2D eigenvalue weighted by Crippen LogP contribution is -2.34. The van der Waals surface area contributed by atoms with Gasteiger partial charge < -0.3 is 10.6 Å². The zero-order valence-electron chi connectivity index (χ0n) is 15.3. The fourth-order valence-corrected chi connectivity index (χ4v) is 3.83. The number of hydrogen-bond acceptors (Lipinski definition) is 4. The van der Waals surface area contributed by atoms with Gasteiger partial charge in [0.2, 0.25) is 5.95 Å². The fraction of sp³-hybridized carbons (Fsp3) is 0.227. The second-order valence-electron chi connectivity index (χ2n) is 6.88. The Morgan fingerprint density at radius 1 is 1.11 bits per heavy atom. The van der Waals surface area contributed by atoms with Gasteiger partial charge in [-0.2, -0.15) is 0 Å². The van der Waals surface area contributed by atoms with Gasteiger partial charge in [-0.25, -0.2) is 9.97 Å². The fourth-order valence-electron chi connectivity index (χ4n) is 3.83. The van der Waals surface area contributed by atoms with Gasteiger partial charge in [0.1, 0.15) is 0 Å². The van der Waals surface area contributed by atoms with Gasteiger partial charge in [-0.1, -0.05) is 54.6 Å². The number of carbonyl (C=O) groups excluding carboxylic acids is 1. The Morgan fingerprint density at radius 2 is 1.85 bits per heavy atom. The number of nitrogens with two attached hydrogens (primary N) is 1. The summed E-state index contributed by atoms with van der Waals surface area (Å²) < 4.78 is 0. The standard InChI is InChI=1S/C22H22N4O/c1-26(19-13-7-11-15-8-5-6-12-17(15)19)21(27)18-14-24-22(23)25-20(18)16-9-3-2-4-10-16/h2-6,8-10,12,14,19H,7,11,13H2,1H3,(H2,23,24,25)/t19-/m0/s1. The Bertz CT molecular complexity index is 971. The Kier molecular flexibility index (Phi) is 4.59. The first-order valence-electron chi connectivity index (χ1n) is 9.18. The van der Waals surface area contributed by atoms with Crippen LogP contribution in [0.25, 0.3) is 11.3 Å². The summed E-state index contributed by atoms with van der Waals surface area (Å²) in [6, 6.07) is 18.1. The van der Waals surface area contributed by atoms with E-state index >= 15 is 0 Å². The third-order valence-electron chi connectivity index (χ3n) is 5.21. The van der Waals surface area contributed by atoms with E-state index in [9.17, 15) is 4.79 Å². The molecule has 5 heteroatoms. The van der Waals surface area contributed by atoms with Gasteiger partial charge >= 0.3 is 0 Å². The molecule has 1 atom stereocenters. The third-order valence-corrected chi connectivity index (χ3v) is 5.21. The molecule has 0 saturated heterocycles. The number of aromatic nitrogens is 2. The van der Waals surface area contributed by atoms with Crippen LogP contribution in [0.3, 0.4) is 0 Å². The number of anilines is 1. The van der Waals surface area contributed by atoms with E-state index in [2.05, 4.69) is 28.2 Å². The normalized spacial score (nSPS) is 15.8. The lowest BCUT2D eigenvalue weighted by atomic mass is 9.86. The van der Waals surface area contributed by atoms with Crippen molar-refractivity contribution in [1.29, 1.82) is 0 Å². The highest BCUT2D eigenvalue weighted by Gasteiger charge is 2.29.